The van der Waals surface area contributed by atoms with Crippen molar-refractivity contribution in [3.63, 3.8) is 0 Å². The number of carboxylic acid groups (broad SMARTS) is 1. The van der Waals surface area contributed by atoms with E-state index < -0.39 is 11.8 Å². The minimum Gasteiger partial charge on any atom is -0.478 e. The van der Waals surface area contributed by atoms with Crippen LogP contribution in [0.4, 0.5) is 4.39 Å². The third kappa shape index (κ3) is 3.23. The Kier molecular flexibility index (Phi) is 4.18. The Balaban J connectivity index is 2.39. The molecular formula is C17H17FO2. The zero-order valence-electron chi connectivity index (χ0n) is 11.6. The molecule has 0 saturated carbocycles. The van der Waals surface area contributed by atoms with Crippen molar-refractivity contribution < 1.29 is 14.3 Å². The largest absolute Gasteiger partial charge is 0.478 e. The van der Waals surface area contributed by atoms with E-state index in [1.54, 1.807) is 0 Å². The van der Waals surface area contributed by atoms with Crippen LogP contribution in [0.15, 0.2) is 42.5 Å². The fourth-order valence-corrected chi connectivity index (χ4v) is 2.24. The third-order valence-corrected chi connectivity index (χ3v) is 3.12. The van der Waals surface area contributed by atoms with Crippen molar-refractivity contribution in [2.75, 3.05) is 0 Å². The highest BCUT2D eigenvalue weighted by Crippen LogP contribution is 2.25. The Morgan fingerprint density at radius 2 is 1.80 bits per heavy atom. The van der Waals surface area contributed by atoms with Gasteiger partial charge < -0.3 is 5.11 Å². The number of hydrogen-bond donors (Lipinski definition) is 1. The number of halogens is 1. The number of carbonyl (C=O) groups is 1. The van der Waals surface area contributed by atoms with Crippen molar-refractivity contribution in [1.29, 1.82) is 0 Å². The molecule has 0 aliphatic carbocycles. The van der Waals surface area contributed by atoms with Crippen LogP contribution in [-0.4, -0.2) is 11.1 Å². The maximum absolute atomic E-state index is 13.2. The fraction of sp³-hybridized carbons (Fsp3) is 0.235. The lowest BCUT2D eigenvalue weighted by molar-refractivity contribution is 0.0697. The Labute approximate surface area is 117 Å². The van der Waals surface area contributed by atoms with Gasteiger partial charge >= 0.3 is 5.97 Å². The Hall–Kier alpha value is -2.16. The summed E-state index contributed by atoms with van der Waals surface area (Å²) in [6, 6.07) is 11.6. The summed E-state index contributed by atoms with van der Waals surface area (Å²) in [5, 5.41) is 9.16. The second kappa shape index (κ2) is 5.87. The van der Waals surface area contributed by atoms with Gasteiger partial charge in [-0.25, -0.2) is 9.18 Å². The van der Waals surface area contributed by atoms with E-state index in [-0.39, 0.29) is 5.56 Å². The van der Waals surface area contributed by atoms with Gasteiger partial charge in [-0.15, -0.1) is 0 Å². The van der Waals surface area contributed by atoms with Crippen molar-refractivity contribution in [2.24, 2.45) is 5.92 Å². The predicted molar refractivity (Wildman–Crippen MR) is 77.3 cm³/mol. The summed E-state index contributed by atoms with van der Waals surface area (Å²) in [5.41, 5.74) is 2.52. The average Bonchev–Trinajstić information content (AvgIpc) is 2.39. The van der Waals surface area contributed by atoms with Crippen molar-refractivity contribution in [3.05, 3.63) is 59.4 Å². The van der Waals surface area contributed by atoms with Gasteiger partial charge in [0.15, 0.2) is 0 Å². The van der Waals surface area contributed by atoms with Crippen LogP contribution in [0.5, 0.6) is 0 Å². The minimum atomic E-state index is -1.12. The molecule has 3 heteroatoms. The topological polar surface area (TPSA) is 37.3 Å². The quantitative estimate of drug-likeness (QED) is 0.896. The van der Waals surface area contributed by atoms with Crippen LogP contribution < -0.4 is 0 Å². The molecule has 0 heterocycles. The molecule has 104 valence electrons. The van der Waals surface area contributed by atoms with Crippen LogP contribution in [0.3, 0.4) is 0 Å². The Morgan fingerprint density at radius 1 is 1.15 bits per heavy atom. The number of hydrogen-bond acceptors (Lipinski definition) is 1. The monoisotopic (exact) mass is 272 g/mol. The van der Waals surface area contributed by atoms with E-state index in [2.05, 4.69) is 13.8 Å². The number of aromatic carboxylic acids is 1. The second-order valence-electron chi connectivity index (χ2n) is 5.29. The first kappa shape index (κ1) is 14.3. The molecule has 0 saturated heterocycles. The molecule has 0 aromatic heterocycles. The molecule has 0 unspecified atom stereocenters. The summed E-state index contributed by atoms with van der Waals surface area (Å²) in [6.45, 7) is 4.30. The average molecular weight is 272 g/mol. The summed E-state index contributed by atoms with van der Waals surface area (Å²) in [4.78, 5) is 11.2. The predicted octanol–water partition coefficient (Wildman–Crippen LogP) is 4.39. The van der Waals surface area contributed by atoms with E-state index in [4.69, 9.17) is 5.11 Å². The molecule has 2 nitrogen and oxygen atoms in total. The molecule has 0 spiro atoms. The smallest absolute Gasteiger partial charge is 0.336 e. The highest BCUT2D eigenvalue weighted by Gasteiger charge is 2.12. The maximum atomic E-state index is 13.2. The van der Waals surface area contributed by atoms with E-state index in [1.807, 2.05) is 24.3 Å². The molecule has 0 aliphatic heterocycles. The van der Waals surface area contributed by atoms with Gasteiger partial charge in [0.1, 0.15) is 5.82 Å². The Morgan fingerprint density at radius 3 is 2.35 bits per heavy atom. The van der Waals surface area contributed by atoms with E-state index >= 15 is 0 Å². The van der Waals surface area contributed by atoms with Crippen LogP contribution in [0, 0.1) is 11.7 Å². The summed E-state index contributed by atoms with van der Waals surface area (Å²) < 4.78 is 13.2. The molecule has 2 rings (SSSR count). The molecule has 1 N–H and O–H groups in total. The van der Waals surface area contributed by atoms with Gasteiger partial charge in [0.25, 0.3) is 0 Å². The molecule has 0 aliphatic rings. The lowest BCUT2D eigenvalue weighted by Gasteiger charge is -2.09. The maximum Gasteiger partial charge on any atom is 0.336 e. The molecule has 0 amide bonds. The van der Waals surface area contributed by atoms with Crippen molar-refractivity contribution in [2.45, 2.75) is 20.3 Å². The fourth-order valence-electron chi connectivity index (χ4n) is 2.24. The zero-order valence-corrected chi connectivity index (χ0v) is 11.6. The van der Waals surface area contributed by atoms with E-state index in [9.17, 15) is 9.18 Å². The molecule has 2 aromatic rings. The SMILES string of the molecule is CC(C)Cc1ccc(-c2ccc(F)cc2C(=O)O)cc1. The van der Waals surface area contributed by atoms with Crippen LogP contribution in [-0.2, 0) is 6.42 Å². The molecule has 0 atom stereocenters. The molecule has 0 bridgehead atoms. The highest BCUT2D eigenvalue weighted by atomic mass is 19.1. The van der Waals surface area contributed by atoms with Crippen LogP contribution in [0.1, 0.15) is 29.8 Å². The van der Waals surface area contributed by atoms with E-state index in [1.165, 1.54) is 17.7 Å². The molecule has 0 radical (unpaired) electrons. The van der Waals surface area contributed by atoms with Gasteiger partial charge in [0, 0.05) is 0 Å². The van der Waals surface area contributed by atoms with Gasteiger partial charge in [0.2, 0.25) is 0 Å². The molecule has 2 aromatic carbocycles. The van der Waals surface area contributed by atoms with Crippen LogP contribution >= 0.6 is 0 Å². The lowest BCUT2D eigenvalue weighted by atomic mass is 9.96. The third-order valence-electron chi connectivity index (χ3n) is 3.12. The highest BCUT2D eigenvalue weighted by molar-refractivity contribution is 5.96. The number of carboxylic acids is 1. The summed E-state index contributed by atoms with van der Waals surface area (Å²) in [6.07, 6.45) is 0.982. The standard InChI is InChI=1S/C17H17FO2/c1-11(2)9-12-3-5-13(6-4-12)15-8-7-14(18)10-16(15)17(19)20/h3-8,10-11H,9H2,1-2H3,(H,19,20). The van der Waals surface area contributed by atoms with Gasteiger partial charge in [-0.05, 0) is 41.2 Å². The number of rotatable bonds is 4. The Bertz CT molecular complexity index is 615. The first-order valence-electron chi connectivity index (χ1n) is 6.59. The van der Waals surface area contributed by atoms with Gasteiger partial charge in [-0.1, -0.05) is 44.2 Å². The van der Waals surface area contributed by atoms with Crippen molar-refractivity contribution in [3.8, 4) is 11.1 Å². The van der Waals surface area contributed by atoms with Crippen molar-refractivity contribution in [1.82, 2.24) is 0 Å². The van der Waals surface area contributed by atoms with Gasteiger partial charge in [0.05, 0.1) is 5.56 Å². The molecule has 0 fully saturated rings. The summed E-state index contributed by atoms with van der Waals surface area (Å²) >= 11 is 0. The van der Waals surface area contributed by atoms with E-state index in [0.717, 1.165) is 18.1 Å². The molecular weight excluding hydrogens is 255 g/mol. The first-order valence-corrected chi connectivity index (χ1v) is 6.59. The van der Waals surface area contributed by atoms with Gasteiger partial charge in [-0.3, -0.25) is 0 Å². The molecule has 20 heavy (non-hydrogen) atoms. The van der Waals surface area contributed by atoms with E-state index in [0.29, 0.717) is 11.5 Å². The number of benzene rings is 2. The van der Waals surface area contributed by atoms with Crippen molar-refractivity contribution >= 4 is 5.97 Å². The van der Waals surface area contributed by atoms with Gasteiger partial charge in [-0.2, -0.15) is 0 Å². The lowest BCUT2D eigenvalue weighted by Crippen LogP contribution is -2.00. The van der Waals surface area contributed by atoms with Crippen LogP contribution in [0.25, 0.3) is 11.1 Å². The first-order chi connectivity index (χ1) is 9.47. The zero-order chi connectivity index (χ0) is 14.7. The second-order valence-corrected chi connectivity index (χ2v) is 5.29. The minimum absolute atomic E-state index is 0.0124. The summed E-state index contributed by atoms with van der Waals surface area (Å²) in [5.74, 6) is -1.09. The van der Waals surface area contributed by atoms with Crippen LogP contribution in [0.2, 0.25) is 0 Å². The summed E-state index contributed by atoms with van der Waals surface area (Å²) in [7, 11) is 0. The normalized spacial score (nSPS) is 10.8.